The minimum atomic E-state index is -1.08. The molecule has 0 bridgehead atoms. The van der Waals surface area contributed by atoms with Gasteiger partial charge in [0.15, 0.2) is 11.6 Å². The Labute approximate surface area is 121 Å². The molecule has 0 heterocycles. The van der Waals surface area contributed by atoms with Crippen LogP contribution in [0.3, 0.4) is 0 Å². The number of carbonyl (C=O) groups excluding carboxylic acids is 3. The zero-order valence-electron chi connectivity index (χ0n) is 11.4. The molecule has 0 amide bonds. The van der Waals surface area contributed by atoms with E-state index >= 15 is 0 Å². The van der Waals surface area contributed by atoms with Crippen LogP contribution in [0.2, 0.25) is 0 Å². The van der Waals surface area contributed by atoms with Gasteiger partial charge in [0.1, 0.15) is 6.29 Å². The highest BCUT2D eigenvalue weighted by Crippen LogP contribution is 2.03. The summed E-state index contributed by atoms with van der Waals surface area (Å²) in [6.45, 7) is 0.418. The van der Waals surface area contributed by atoms with E-state index in [2.05, 4.69) is 10.5 Å². The van der Waals surface area contributed by atoms with Crippen molar-refractivity contribution in [3.05, 3.63) is 12.2 Å². The normalized spacial score (nSPS) is 12.6. The SMILES string of the molecule is O=CCC(=O)/C=C/C(=O)CNCCCC(/C=N\O)C(=O)O. The zero-order valence-corrected chi connectivity index (χ0v) is 11.4. The topological polar surface area (TPSA) is 133 Å². The van der Waals surface area contributed by atoms with E-state index in [-0.39, 0.29) is 25.2 Å². The molecule has 0 radical (unpaired) electrons. The maximum Gasteiger partial charge on any atom is 0.312 e. The average Bonchev–Trinajstić information content (AvgIpc) is 2.43. The molecule has 0 saturated heterocycles. The van der Waals surface area contributed by atoms with Crippen LogP contribution in [-0.2, 0) is 19.2 Å². The third-order valence-corrected chi connectivity index (χ3v) is 2.47. The van der Waals surface area contributed by atoms with Gasteiger partial charge in [0.05, 0.1) is 25.1 Å². The first kappa shape index (κ1) is 18.7. The summed E-state index contributed by atoms with van der Waals surface area (Å²) in [6, 6.07) is 0. The predicted octanol–water partition coefficient (Wildman–Crippen LogP) is -0.200. The van der Waals surface area contributed by atoms with Gasteiger partial charge < -0.3 is 20.4 Å². The number of nitrogens with zero attached hydrogens (tertiary/aromatic N) is 1. The molecule has 0 fully saturated rings. The summed E-state index contributed by atoms with van der Waals surface area (Å²) in [5.74, 6) is -2.71. The minimum absolute atomic E-state index is 0.0106. The first-order chi connectivity index (χ1) is 10.0. The van der Waals surface area contributed by atoms with Crippen molar-refractivity contribution in [2.75, 3.05) is 13.1 Å². The third kappa shape index (κ3) is 10.1. The summed E-state index contributed by atoms with van der Waals surface area (Å²) in [5, 5.41) is 22.6. The van der Waals surface area contributed by atoms with Gasteiger partial charge in [0, 0.05) is 0 Å². The predicted molar refractivity (Wildman–Crippen MR) is 73.3 cm³/mol. The highest BCUT2D eigenvalue weighted by molar-refractivity contribution is 6.03. The Bertz CT molecular complexity index is 430. The molecular weight excluding hydrogens is 280 g/mol. The molecule has 0 aliphatic carbocycles. The molecule has 0 saturated carbocycles. The van der Waals surface area contributed by atoms with E-state index in [1.54, 1.807) is 0 Å². The lowest BCUT2D eigenvalue weighted by molar-refractivity contribution is -0.139. The number of hydrogen-bond donors (Lipinski definition) is 3. The smallest absolute Gasteiger partial charge is 0.312 e. The van der Waals surface area contributed by atoms with Crippen LogP contribution in [0, 0.1) is 5.92 Å². The van der Waals surface area contributed by atoms with E-state index in [0.29, 0.717) is 19.3 Å². The number of rotatable bonds is 12. The lowest BCUT2D eigenvalue weighted by atomic mass is 10.1. The number of nitrogens with one attached hydrogen (secondary N) is 1. The van der Waals surface area contributed by atoms with Crippen LogP contribution in [0.1, 0.15) is 19.3 Å². The molecule has 1 atom stereocenters. The average molecular weight is 298 g/mol. The number of aliphatic carboxylic acids is 1. The van der Waals surface area contributed by atoms with Crippen molar-refractivity contribution in [2.24, 2.45) is 11.1 Å². The van der Waals surface area contributed by atoms with Crippen LogP contribution in [0.15, 0.2) is 17.3 Å². The molecular formula is C13H18N2O6. The van der Waals surface area contributed by atoms with Crippen molar-refractivity contribution in [1.29, 1.82) is 0 Å². The van der Waals surface area contributed by atoms with Gasteiger partial charge in [-0.3, -0.25) is 14.4 Å². The Morgan fingerprint density at radius 1 is 1.19 bits per heavy atom. The number of allylic oxidation sites excluding steroid dienone is 1. The van der Waals surface area contributed by atoms with Gasteiger partial charge in [-0.2, -0.15) is 0 Å². The van der Waals surface area contributed by atoms with E-state index in [9.17, 15) is 19.2 Å². The summed E-state index contributed by atoms with van der Waals surface area (Å²) in [4.78, 5) is 43.0. The van der Waals surface area contributed by atoms with Gasteiger partial charge >= 0.3 is 5.97 Å². The summed E-state index contributed by atoms with van der Waals surface area (Å²) in [6.07, 6.45) is 4.05. The molecule has 21 heavy (non-hydrogen) atoms. The standard InChI is InChI=1S/C13H18N2O6/c16-7-5-11(17)3-4-12(18)9-14-6-1-2-10(8-15-21)13(19)20/h3-4,7-8,10,14,21H,1-2,5-6,9H2,(H,19,20)/b4-3+,15-8-. The summed E-state index contributed by atoms with van der Waals surface area (Å²) >= 11 is 0. The fraction of sp³-hybridized carbons (Fsp3) is 0.462. The Morgan fingerprint density at radius 2 is 1.86 bits per heavy atom. The van der Waals surface area contributed by atoms with E-state index in [0.717, 1.165) is 18.4 Å². The molecule has 8 nitrogen and oxygen atoms in total. The summed E-state index contributed by atoms with van der Waals surface area (Å²) in [7, 11) is 0. The number of carbonyl (C=O) groups is 4. The molecule has 8 heteroatoms. The van der Waals surface area contributed by atoms with Gasteiger partial charge in [0.25, 0.3) is 0 Å². The molecule has 0 spiro atoms. The molecule has 116 valence electrons. The van der Waals surface area contributed by atoms with Crippen LogP contribution in [0.25, 0.3) is 0 Å². The number of aldehydes is 1. The van der Waals surface area contributed by atoms with Crippen LogP contribution >= 0.6 is 0 Å². The number of oxime groups is 1. The van der Waals surface area contributed by atoms with Gasteiger partial charge in [0.2, 0.25) is 0 Å². The Hall–Kier alpha value is -2.35. The van der Waals surface area contributed by atoms with Crippen LogP contribution in [0.4, 0.5) is 0 Å². The number of carboxylic acid groups (broad SMARTS) is 1. The van der Waals surface area contributed by atoms with Gasteiger partial charge in [-0.25, -0.2) is 0 Å². The van der Waals surface area contributed by atoms with Crippen molar-refractivity contribution in [1.82, 2.24) is 5.32 Å². The largest absolute Gasteiger partial charge is 0.481 e. The maximum absolute atomic E-state index is 11.3. The van der Waals surface area contributed by atoms with Crippen LogP contribution in [0.5, 0.6) is 0 Å². The first-order valence-electron chi connectivity index (χ1n) is 6.29. The van der Waals surface area contributed by atoms with Crippen molar-refractivity contribution in [2.45, 2.75) is 19.3 Å². The highest BCUT2D eigenvalue weighted by Gasteiger charge is 2.14. The molecule has 0 aromatic rings. The van der Waals surface area contributed by atoms with Crippen molar-refractivity contribution >= 4 is 30.0 Å². The molecule has 0 aliphatic rings. The lowest BCUT2D eigenvalue weighted by Crippen LogP contribution is -2.24. The second-order valence-electron chi connectivity index (χ2n) is 4.17. The first-order valence-corrected chi connectivity index (χ1v) is 6.29. The third-order valence-electron chi connectivity index (χ3n) is 2.47. The lowest BCUT2D eigenvalue weighted by Gasteiger charge is -2.06. The number of ketones is 2. The Balaban J connectivity index is 3.84. The Morgan fingerprint density at radius 3 is 2.43 bits per heavy atom. The molecule has 0 aromatic carbocycles. The molecule has 0 aromatic heterocycles. The van der Waals surface area contributed by atoms with E-state index in [1.807, 2.05) is 0 Å². The highest BCUT2D eigenvalue weighted by atomic mass is 16.4. The summed E-state index contributed by atoms with van der Waals surface area (Å²) in [5.41, 5.74) is 0. The molecule has 1 unspecified atom stereocenters. The molecule has 3 N–H and O–H groups in total. The van der Waals surface area contributed by atoms with E-state index in [1.165, 1.54) is 0 Å². The van der Waals surface area contributed by atoms with Crippen molar-refractivity contribution in [3.63, 3.8) is 0 Å². The van der Waals surface area contributed by atoms with Gasteiger partial charge in [-0.15, -0.1) is 5.16 Å². The van der Waals surface area contributed by atoms with E-state index in [4.69, 9.17) is 10.3 Å². The minimum Gasteiger partial charge on any atom is -0.481 e. The fourth-order valence-electron chi connectivity index (χ4n) is 1.40. The van der Waals surface area contributed by atoms with Crippen LogP contribution in [-0.4, -0.2) is 53.4 Å². The second-order valence-corrected chi connectivity index (χ2v) is 4.17. The number of carboxylic acids is 1. The Kier molecular flexibility index (Phi) is 10.2. The maximum atomic E-state index is 11.3. The zero-order chi connectivity index (χ0) is 16.1. The van der Waals surface area contributed by atoms with Gasteiger partial charge in [-0.05, 0) is 31.5 Å². The quantitative estimate of drug-likeness (QED) is 0.0864. The van der Waals surface area contributed by atoms with Crippen molar-refractivity contribution in [3.8, 4) is 0 Å². The summed E-state index contributed by atoms with van der Waals surface area (Å²) < 4.78 is 0. The van der Waals surface area contributed by atoms with Crippen LogP contribution < -0.4 is 5.32 Å². The fourth-order valence-corrected chi connectivity index (χ4v) is 1.40. The monoisotopic (exact) mass is 298 g/mol. The molecule has 0 aliphatic heterocycles. The van der Waals surface area contributed by atoms with Gasteiger partial charge in [-0.1, -0.05) is 0 Å². The van der Waals surface area contributed by atoms with E-state index < -0.39 is 17.7 Å². The van der Waals surface area contributed by atoms with Crippen molar-refractivity contribution < 1.29 is 29.5 Å². The number of hydrogen-bond acceptors (Lipinski definition) is 7. The molecule has 0 rings (SSSR count). The second kappa shape index (κ2) is 11.5.